The molecule has 1 atom stereocenters. The Hall–Kier alpha value is -1.72. The smallest absolute Gasteiger partial charge is 0.0994 e. The van der Waals surface area contributed by atoms with E-state index in [0.717, 1.165) is 16.9 Å². The lowest BCUT2D eigenvalue weighted by Gasteiger charge is -2.10. The Balaban J connectivity index is 2.16. The van der Waals surface area contributed by atoms with Gasteiger partial charge in [0.2, 0.25) is 0 Å². The van der Waals surface area contributed by atoms with Crippen molar-refractivity contribution in [3.05, 3.63) is 41.9 Å². The molecule has 17 heavy (non-hydrogen) atoms. The summed E-state index contributed by atoms with van der Waals surface area (Å²) in [6.07, 6.45) is 3.60. The quantitative estimate of drug-likeness (QED) is 0.753. The number of imidazole rings is 1. The molecule has 0 saturated carbocycles. The van der Waals surface area contributed by atoms with Gasteiger partial charge in [-0.05, 0) is 25.1 Å². The summed E-state index contributed by atoms with van der Waals surface area (Å²) in [5.41, 5.74) is 10.9. The molecule has 0 radical (unpaired) electrons. The zero-order chi connectivity index (χ0) is 11.8. The second-order valence-corrected chi connectivity index (χ2v) is 4.87. The highest BCUT2D eigenvalue weighted by molar-refractivity contribution is 7.16. The first-order valence-corrected chi connectivity index (χ1v) is 6.25. The molecule has 2 aromatic heterocycles. The number of rotatable bonds is 2. The third-order valence-corrected chi connectivity index (χ3v) is 3.52. The lowest BCUT2D eigenvalue weighted by molar-refractivity contribution is 0.753. The fourth-order valence-electron chi connectivity index (χ4n) is 1.85. The highest BCUT2D eigenvalue weighted by Crippen LogP contribution is 2.23. The van der Waals surface area contributed by atoms with Crippen LogP contribution in [0.15, 0.2) is 36.2 Å². The molecule has 0 fully saturated rings. The van der Waals surface area contributed by atoms with Gasteiger partial charge in [-0.25, -0.2) is 9.97 Å². The zero-order valence-corrected chi connectivity index (χ0v) is 10.2. The lowest BCUT2D eigenvalue weighted by atomic mass is 10.2. The molecule has 0 aliphatic rings. The number of nitrogens with two attached hydrogens (primary N) is 1. The predicted octanol–water partition coefficient (Wildman–Crippen LogP) is 2.50. The zero-order valence-electron chi connectivity index (χ0n) is 9.37. The van der Waals surface area contributed by atoms with Crippen molar-refractivity contribution in [3.63, 3.8) is 0 Å². The van der Waals surface area contributed by atoms with E-state index in [2.05, 4.69) is 16.0 Å². The van der Waals surface area contributed by atoms with Gasteiger partial charge in [-0.2, -0.15) is 0 Å². The van der Waals surface area contributed by atoms with Gasteiger partial charge >= 0.3 is 0 Å². The standard InChI is InChI=1S/C12H12N4S/c1-8(13)11-5-14-6-16(11)9-2-3-10-12(4-9)17-7-15-10/h2-8H,13H2,1H3. The average molecular weight is 244 g/mol. The Morgan fingerprint density at radius 2 is 2.29 bits per heavy atom. The lowest BCUT2D eigenvalue weighted by Crippen LogP contribution is -2.10. The van der Waals surface area contributed by atoms with Crippen LogP contribution in [0.1, 0.15) is 18.7 Å². The summed E-state index contributed by atoms with van der Waals surface area (Å²) < 4.78 is 3.19. The Kier molecular flexibility index (Phi) is 2.42. The van der Waals surface area contributed by atoms with Crippen molar-refractivity contribution >= 4 is 21.6 Å². The molecule has 4 nitrogen and oxygen atoms in total. The van der Waals surface area contributed by atoms with Gasteiger partial charge in [0.05, 0.1) is 33.9 Å². The molecule has 3 rings (SSSR count). The predicted molar refractivity (Wildman–Crippen MR) is 69.3 cm³/mol. The Morgan fingerprint density at radius 3 is 3.12 bits per heavy atom. The van der Waals surface area contributed by atoms with Crippen molar-refractivity contribution in [2.24, 2.45) is 5.73 Å². The molecular weight excluding hydrogens is 232 g/mol. The van der Waals surface area contributed by atoms with E-state index >= 15 is 0 Å². The van der Waals surface area contributed by atoms with Crippen LogP contribution in [0.2, 0.25) is 0 Å². The van der Waals surface area contributed by atoms with Crippen molar-refractivity contribution in [1.82, 2.24) is 14.5 Å². The van der Waals surface area contributed by atoms with E-state index < -0.39 is 0 Å². The Labute approximate surface area is 103 Å². The number of benzene rings is 1. The molecule has 3 aromatic rings. The summed E-state index contributed by atoms with van der Waals surface area (Å²) in [5, 5.41) is 0. The molecule has 2 N–H and O–H groups in total. The van der Waals surface area contributed by atoms with E-state index in [1.165, 1.54) is 4.70 Å². The monoisotopic (exact) mass is 244 g/mol. The molecule has 0 aliphatic heterocycles. The molecule has 86 valence electrons. The van der Waals surface area contributed by atoms with E-state index in [1.54, 1.807) is 17.7 Å². The number of nitrogens with zero attached hydrogens (tertiary/aromatic N) is 3. The highest BCUT2D eigenvalue weighted by atomic mass is 32.1. The van der Waals surface area contributed by atoms with Crippen molar-refractivity contribution in [3.8, 4) is 5.69 Å². The summed E-state index contributed by atoms with van der Waals surface area (Å²) in [4.78, 5) is 8.43. The van der Waals surface area contributed by atoms with E-state index in [4.69, 9.17) is 5.73 Å². The van der Waals surface area contributed by atoms with Crippen molar-refractivity contribution < 1.29 is 0 Å². The molecule has 5 heteroatoms. The fourth-order valence-corrected chi connectivity index (χ4v) is 2.56. The maximum absolute atomic E-state index is 5.92. The minimum absolute atomic E-state index is 0.0327. The van der Waals surface area contributed by atoms with Crippen LogP contribution in [0.5, 0.6) is 0 Å². The molecule has 0 aliphatic carbocycles. The fraction of sp³-hybridized carbons (Fsp3) is 0.167. The molecule has 0 spiro atoms. The Morgan fingerprint density at radius 1 is 1.41 bits per heavy atom. The first kappa shape index (κ1) is 10.4. The molecule has 1 aromatic carbocycles. The van der Waals surface area contributed by atoms with Gasteiger partial charge in [-0.3, -0.25) is 0 Å². The van der Waals surface area contributed by atoms with Crippen LogP contribution in [-0.2, 0) is 0 Å². The van der Waals surface area contributed by atoms with Crippen molar-refractivity contribution in [1.29, 1.82) is 0 Å². The van der Waals surface area contributed by atoms with Gasteiger partial charge in [0.25, 0.3) is 0 Å². The van der Waals surface area contributed by atoms with Crippen LogP contribution in [0.4, 0.5) is 0 Å². The van der Waals surface area contributed by atoms with Gasteiger partial charge in [-0.15, -0.1) is 11.3 Å². The summed E-state index contributed by atoms with van der Waals surface area (Å²) in [6.45, 7) is 1.96. The van der Waals surface area contributed by atoms with Crippen LogP contribution < -0.4 is 5.73 Å². The maximum Gasteiger partial charge on any atom is 0.0994 e. The van der Waals surface area contributed by atoms with Gasteiger partial charge in [0.15, 0.2) is 0 Å². The summed E-state index contributed by atoms with van der Waals surface area (Å²) in [7, 11) is 0. The van der Waals surface area contributed by atoms with Gasteiger partial charge in [0, 0.05) is 11.7 Å². The minimum Gasteiger partial charge on any atom is -0.323 e. The van der Waals surface area contributed by atoms with Crippen LogP contribution in [0.3, 0.4) is 0 Å². The number of fused-ring (bicyclic) bond motifs is 1. The average Bonchev–Trinajstić information content (AvgIpc) is 2.96. The van der Waals surface area contributed by atoms with Crippen LogP contribution in [0.25, 0.3) is 15.9 Å². The molecule has 0 amide bonds. The third kappa shape index (κ3) is 1.73. The maximum atomic E-state index is 5.92. The number of aromatic nitrogens is 3. The second kappa shape index (κ2) is 3.94. The summed E-state index contributed by atoms with van der Waals surface area (Å²) in [5.74, 6) is 0. The van der Waals surface area contributed by atoms with E-state index in [-0.39, 0.29) is 6.04 Å². The highest BCUT2D eigenvalue weighted by Gasteiger charge is 2.09. The Bertz CT molecular complexity index is 653. The number of thiazole rings is 1. The summed E-state index contributed by atoms with van der Waals surface area (Å²) >= 11 is 1.64. The van der Waals surface area contributed by atoms with Crippen molar-refractivity contribution in [2.45, 2.75) is 13.0 Å². The van der Waals surface area contributed by atoms with Gasteiger partial charge < -0.3 is 10.3 Å². The van der Waals surface area contributed by atoms with Gasteiger partial charge in [0.1, 0.15) is 0 Å². The first-order valence-electron chi connectivity index (χ1n) is 5.37. The molecule has 0 bridgehead atoms. The van der Waals surface area contributed by atoms with E-state index in [9.17, 15) is 0 Å². The molecule has 0 saturated heterocycles. The van der Waals surface area contributed by atoms with Crippen LogP contribution in [0, 0.1) is 0 Å². The molecule has 1 unspecified atom stereocenters. The van der Waals surface area contributed by atoms with Crippen LogP contribution in [-0.4, -0.2) is 14.5 Å². The topological polar surface area (TPSA) is 56.7 Å². The van der Waals surface area contributed by atoms with Crippen molar-refractivity contribution in [2.75, 3.05) is 0 Å². The third-order valence-electron chi connectivity index (χ3n) is 2.73. The van der Waals surface area contributed by atoms with Gasteiger partial charge in [-0.1, -0.05) is 0 Å². The molecule has 2 heterocycles. The first-order chi connectivity index (χ1) is 8.25. The second-order valence-electron chi connectivity index (χ2n) is 3.98. The minimum atomic E-state index is -0.0327. The largest absolute Gasteiger partial charge is 0.323 e. The summed E-state index contributed by atoms with van der Waals surface area (Å²) in [6, 6.07) is 6.14. The number of hydrogen-bond donors (Lipinski definition) is 1. The molecular formula is C12H12N4S. The van der Waals surface area contributed by atoms with E-state index in [1.807, 2.05) is 35.3 Å². The normalized spacial score (nSPS) is 13.1. The van der Waals surface area contributed by atoms with E-state index in [0.29, 0.717) is 0 Å². The SMILES string of the molecule is CC(N)c1cncn1-c1ccc2ncsc2c1. The number of hydrogen-bond acceptors (Lipinski definition) is 4. The van der Waals surface area contributed by atoms with Crippen LogP contribution >= 0.6 is 11.3 Å².